The normalized spacial score (nSPS) is 12.3. The van der Waals surface area contributed by atoms with Gasteiger partial charge in [0.15, 0.2) is 0 Å². The molecule has 4 rings (SSSR count). The molecule has 4 aromatic carbocycles. The SMILES string of the molecule is Cc1ccc(C=NC(C)(C)CN=Cc2ccccc2O)c(O)c1.Cc1ccc(C=NCC(C)(C)N=Cc2ccccc2O)c(O)c1. The van der Waals surface area contributed by atoms with Crippen molar-refractivity contribution in [1.82, 2.24) is 0 Å². The molecule has 46 heavy (non-hydrogen) atoms. The van der Waals surface area contributed by atoms with Gasteiger partial charge in [-0.1, -0.05) is 36.4 Å². The summed E-state index contributed by atoms with van der Waals surface area (Å²) >= 11 is 0. The van der Waals surface area contributed by atoms with E-state index >= 15 is 0 Å². The van der Waals surface area contributed by atoms with E-state index in [-0.39, 0.29) is 23.0 Å². The lowest BCUT2D eigenvalue weighted by Gasteiger charge is -2.16. The van der Waals surface area contributed by atoms with Crippen molar-refractivity contribution in [3.63, 3.8) is 0 Å². The van der Waals surface area contributed by atoms with Gasteiger partial charge >= 0.3 is 0 Å². The number of benzene rings is 4. The minimum atomic E-state index is -0.405. The summed E-state index contributed by atoms with van der Waals surface area (Å²) in [5.74, 6) is 0.869. The van der Waals surface area contributed by atoms with Crippen LogP contribution < -0.4 is 0 Å². The maximum absolute atomic E-state index is 9.89. The molecule has 0 atom stereocenters. The van der Waals surface area contributed by atoms with Crippen LogP contribution in [0.4, 0.5) is 0 Å². The van der Waals surface area contributed by atoms with Crippen molar-refractivity contribution in [3.05, 3.63) is 118 Å². The molecule has 0 heterocycles. The van der Waals surface area contributed by atoms with Crippen LogP contribution in [0.2, 0.25) is 0 Å². The van der Waals surface area contributed by atoms with Crippen LogP contribution in [0.3, 0.4) is 0 Å². The molecule has 8 heteroatoms. The third-order valence-electron chi connectivity index (χ3n) is 6.77. The second-order valence-electron chi connectivity index (χ2n) is 12.3. The number of phenols is 4. The van der Waals surface area contributed by atoms with E-state index < -0.39 is 11.1 Å². The van der Waals surface area contributed by atoms with E-state index in [1.807, 2.05) is 84.0 Å². The smallest absolute Gasteiger partial charge is 0.124 e. The molecule has 4 N–H and O–H groups in total. The molecule has 0 amide bonds. The molecule has 0 aromatic heterocycles. The monoisotopic (exact) mass is 620 g/mol. The van der Waals surface area contributed by atoms with Gasteiger partial charge in [0.25, 0.3) is 0 Å². The van der Waals surface area contributed by atoms with Crippen LogP contribution in [0.5, 0.6) is 23.0 Å². The quantitative estimate of drug-likeness (QED) is 0.137. The lowest BCUT2D eigenvalue weighted by molar-refractivity contribution is 0.473. The summed E-state index contributed by atoms with van der Waals surface area (Å²) < 4.78 is 0. The number of phenolic OH excluding ortho intramolecular Hbond substituents is 4. The number of aromatic hydroxyl groups is 4. The summed E-state index contributed by atoms with van der Waals surface area (Å²) in [7, 11) is 0. The van der Waals surface area contributed by atoms with Crippen LogP contribution in [0.25, 0.3) is 0 Å². The molecule has 0 unspecified atom stereocenters. The third kappa shape index (κ3) is 11.7. The zero-order valence-corrected chi connectivity index (χ0v) is 27.4. The summed E-state index contributed by atoms with van der Waals surface area (Å²) in [4.78, 5) is 17.7. The van der Waals surface area contributed by atoms with Gasteiger partial charge in [-0.25, -0.2) is 0 Å². The molecule has 0 fully saturated rings. The Bertz CT molecular complexity index is 1720. The molecule has 240 valence electrons. The number of hydrogen-bond acceptors (Lipinski definition) is 8. The Morgan fingerprint density at radius 3 is 1.22 bits per heavy atom. The number of rotatable bonds is 10. The molecular formula is C38H44N4O4. The highest BCUT2D eigenvalue weighted by atomic mass is 16.3. The van der Waals surface area contributed by atoms with Crippen molar-refractivity contribution in [2.45, 2.75) is 52.6 Å². The summed E-state index contributed by atoms with van der Waals surface area (Å²) in [6, 6.07) is 25.1. The van der Waals surface area contributed by atoms with Gasteiger partial charge in [-0.05, 0) is 101 Å². The zero-order valence-electron chi connectivity index (χ0n) is 27.4. The van der Waals surface area contributed by atoms with Gasteiger partial charge in [0.05, 0.1) is 24.2 Å². The second kappa shape index (κ2) is 16.2. The minimum absolute atomic E-state index is 0.208. The largest absolute Gasteiger partial charge is 0.507 e. The summed E-state index contributed by atoms with van der Waals surface area (Å²) in [5, 5.41) is 39.2. The van der Waals surface area contributed by atoms with Crippen molar-refractivity contribution in [2.75, 3.05) is 13.1 Å². The Morgan fingerprint density at radius 2 is 0.826 bits per heavy atom. The van der Waals surface area contributed by atoms with Crippen molar-refractivity contribution < 1.29 is 20.4 Å². The van der Waals surface area contributed by atoms with Crippen LogP contribution in [0.15, 0.2) is 105 Å². The Balaban J connectivity index is 0.000000250. The number of aryl methyl sites for hydroxylation is 2. The van der Waals surface area contributed by atoms with Crippen LogP contribution >= 0.6 is 0 Å². The first-order valence-electron chi connectivity index (χ1n) is 15.0. The highest BCUT2D eigenvalue weighted by Crippen LogP contribution is 2.20. The summed E-state index contributed by atoms with van der Waals surface area (Å²) in [6.07, 6.45) is 6.64. The van der Waals surface area contributed by atoms with Gasteiger partial charge in [0, 0.05) is 47.1 Å². The number of nitrogens with zero attached hydrogens (tertiary/aromatic N) is 4. The first kappa shape index (κ1) is 35.2. The maximum Gasteiger partial charge on any atom is 0.124 e. The lowest BCUT2D eigenvalue weighted by Crippen LogP contribution is -2.21. The molecule has 0 saturated carbocycles. The topological polar surface area (TPSA) is 130 Å². The average molecular weight is 621 g/mol. The average Bonchev–Trinajstić information content (AvgIpc) is 2.99. The van der Waals surface area contributed by atoms with E-state index in [4.69, 9.17) is 0 Å². The first-order valence-corrected chi connectivity index (χ1v) is 15.0. The van der Waals surface area contributed by atoms with Crippen molar-refractivity contribution in [3.8, 4) is 23.0 Å². The predicted molar refractivity (Wildman–Crippen MR) is 190 cm³/mol. The fourth-order valence-electron chi connectivity index (χ4n) is 4.02. The van der Waals surface area contributed by atoms with E-state index in [0.717, 1.165) is 11.1 Å². The summed E-state index contributed by atoms with van der Waals surface area (Å²) in [6.45, 7) is 12.7. The molecule has 0 aliphatic carbocycles. The molecular weight excluding hydrogens is 576 g/mol. The van der Waals surface area contributed by atoms with Crippen LogP contribution in [0, 0.1) is 13.8 Å². The van der Waals surface area contributed by atoms with Gasteiger partial charge in [0.2, 0.25) is 0 Å². The standard InChI is InChI=1S/2C19H22N2O2/c1-14-8-9-16(18(23)10-14)11-20-13-19(2,3)21-12-15-6-4-5-7-17(15)22;1-14-8-9-16(18(23)10-14)12-21-19(2,3)13-20-11-15-6-4-5-7-17(15)22/h2*4-12,22-23H,13H2,1-3H3. The molecule has 0 spiro atoms. The number of aliphatic imine (C=N–C) groups is 4. The van der Waals surface area contributed by atoms with Crippen molar-refractivity contribution >= 4 is 24.9 Å². The minimum Gasteiger partial charge on any atom is -0.507 e. The van der Waals surface area contributed by atoms with Gasteiger partial charge in [-0.15, -0.1) is 0 Å². The highest BCUT2D eigenvalue weighted by Gasteiger charge is 2.15. The molecule has 0 aliphatic heterocycles. The van der Waals surface area contributed by atoms with Gasteiger partial charge in [-0.3, -0.25) is 20.0 Å². The van der Waals surface area contributed by atoms with Crippen molar-refractivity contribution in [1.29, 1.82) is 0 Å². The van der Waals surface area contributed by atoms with Gasteiger partial charge < -0.3 is 20.4 Å². The zero-order chi connectivity index (χ0) is 33.7. The first-order chi connectivity index (χ1) is 21.7. The Labute approximate surface area is 271 Å². The second-order valence-corrected chi connectivity index (χ2v) is 12.3. The Hall–Kier alpha value is -5.24. The molecule has 8 nitrogen and oxygen atoms in total. The maximum atomic E-state index is 9.89. The lowest BCUT2D eigenvalue weighted by atomic mass is 10.1. The molecule has 0 radical (unpaired) electrons. The van der Waals surface area contributed by atoms with E-state index in [9.17, 15) is 20.4 Å². The van der Waals surface area contributed by atoms with Gasteiger partial charge in [0.1, 0.15) is 23.0 Å². The van der Waals surface area contributed by atoms with Crippen LogP contribution in [0.1, 0.15) is 61.1 Å². The van der Waals surface area contributed by atoms with Crippen molar-refractivity contribution in [2.24, 2.45) is 20.0 Å². The van der Waals surface area contributed by atoms with E-state index in [1.165, 1.54) is 0 Å². The number of hydrogen-bond donors (Lipinski definition) is 4. The highest BCUT2D eigenvalue weighted by molar-refractivity contribution is 5.85. The van der Waals surface area contributed by atoms with Crippen LogP contribution in [-0.2, 0) is 0 Å². The van der Waals surface area contributed by atoms with Gasteiger partial charge in [-0.2, -0.15) is 0 Å². The predicted octanol–water partition coefficient (Wildman–Crippen LogP) is 7.45. The van der Waals surface area contributed by atoms with E-state index in [2.05, 4.69) is 20.0 Å². The molecule has 0 aliphatic rings. The number of para-hydroxylation sites is 2. The van der Waals surface area contributed by atoms with Crippen LogP contribution in [-0.4, -0.2) is 69.5 Å². The summed E-state index contributed by atoms with van der Waals surface area (Å²) in [5.41, 5.74) is 3.95. The van der Waals surface area contributed by atoms with E-state index in [0.29, 0.717) is 35.3 Å². The fourth-order valence-corrected chi connectivity index (χ4v) is 4.02. The molecule has 4 aromatic rings. The molecule has 0 saturated heterocycles. The van der Waals surface area contributed by atoms with E-state index in [1.54, 1.807) is 67.3 Å². The fraction of sp³-hybridized carbons (Fsp3) is 0.263. The Kier molecular flexibility index (Phi) is 12.4. The molecule has 0 bridgehead atoms. The third-order valence-corrected chi connectivity index (χ3v) is 6.77. The Morgan fingerprint density at radius 1 is 0.478 bits per heavy atom.